The average molecular weight is 313 g/mol. The zero-order chi connectivity index (χ0) is 14.0. The average Bonchev–Trinajstić information content (AvgIpc) is 2.87. The molecule has 0 fully saturated rings. The minimum atomic E-state index is -0.588. The Balaban J connectivity index is 2.26. The number of ketones is 1. The van der Waals surface area contributed by atoms with E-state index < -0.39 is 5.38 Å². The van der Waals surface area contributed by atoms with Gasteiger partial charge in [-0.25, -0.2) is 9.97 Å². The van der Waals surface area contributed by atoms with Crippen molar-refractivity contribution in [2.24, 2.45) is 0 Å². The molecule has 0 saturated heterocycles. The van der Waals surface area contributed by atoms with E-state index in [2.05, 4.69) is 16.5 Å². The Hall–Kier alpha value is -1.23. The van der Waals surface area contributed by atoms with Crippen LogP contribution in [0.2, 0.25) is 5.15 Å². The van der Waals surface area contributed by atoms with Crippen LogP contribution in [0.15, 0.2) is 31.1 Å². The molecule has 0 saturated carbocycles. The molecule has 0 spiro atoms. The van der Waals surface area contributed by atoms with Crippen LogP contribution in [0.25, 0.3) is 16.1 Å². The number of rotatable bonds is 4. The van der Waals surface area contributed by atoms with E-state index in [0.717, 1.165) is 10.6 Å². The Morgan fingerprint density at radius 1 is 1.37 bits per heavy atom. The van der Waals surface area contributed by atoms with Crippen molar-refractivity contribution in [3.8, 4) is 10.6 Å². The predicted molar refractivity (Wildman–Crippen MR) is 79.7 cm³/mol. The number of hydrogen-bond acceptors (Lipinski definition) is 4. The lowest BCUT2D eigenvalue weighted by Crippen LogP contribution is -2.10. The van der Waals surface area contributed by atoms with Gasteiger partial charge >= 0.3 is 0 Å². The summed E-state index contributed by atoms with van der Waals surface area (Å²) in [5, 5.41) is 0.599. The summed E-state index contributed by atoms with van der Waals surface area (Å²) >= 11 is 12.9. The van der Waals surface area contributed by atoms with Crippen molar-refractivity contribution in [1.82, 2.24) is 9.97 Å². The number of halogens is 2. The van der Waals surface area contributed by atoms with Crippen molar-refractivity contribution < 1.29 is 4.79 Å². The number of hydrogen-bond donors (Lipinski definition) is 0. The molecule has 0 radical (unpaired) electrons. The molecule has 3 nitrogen and oxygen atoms in total. The number of carbonyl (C=O) groups is 1. The second-order valence-corrected chi connectivity index (χ2v) is 5.93. The van der Waals surface area contributed by atoms with Crippen molar-refractivity contribution in [1.29, 1.82) is 0 Å². The second-order valence-electron chi connectivity index (χ2n) is 3.86. The first-order valence-corrected chi connectivity index (χ1v) is 7.07. The van der Waals surface area contributed by atoms with Crippen LogP contribution in [0.5, 0.6) is 0 Å². The van der Waals surface area contributed by atoms with Crippen LogP contribution < -0.4 is 0 Å². The zero-order valence-electron chi connectivity index (χ0n) is 10.1. The van der Waals surface area contributed by atoms with Crippen LogP contribution in [0, 0.1) is 0 Å². The highest BCUT2D eigenvalue weighted by Gasteiger charge is 2.17. The molecule has 1 unspecified atom stereocenters. The molecule has 1 atom stereocenters. The molecular formula is C13H10Cl2N2OS. The first kappa shape index (κ1) is 14.2. The fourth-order valence-electron chi connectivity index (χ4n) is 1.41. The quantitative estimate of drug-likeness (QED) is 0.485. The molecule has 2 rings (SSSR count). The largest absolute Gasteiger partial charge is 0.292 e. The van der Waals surface area contributed by atoms with Gasteiger partial charge in [0.05, 0.1) is 10.3 Å². The Bertz CT molecular complexity index is 620. The maximum atomic E-state index is 11.8. The van der Waals surface area contributed by atoms with Crippen LogP contribution >= 0.6 is 34.5 Å². The van der Waals surface area contributed by atoms with Crippen LogP contribution in [0.3, 0.4) is 0 Å². The van der Waals surface area contributed by atoms with Crippen molar-refractivity contribution in [3.63, 3.8) is 0 Å². The van der Waals surface area contributed by atoms with Gasteiger partial charge in [0, 0.05) is 23.5 Å². The SMILES string of the molecule is C=C(C(=O)C(C)Cl)c1cnc(-c2ccc(Cl)nc2)s1. The van der Waals surface area contributed by atoms with E-state index >= 15 is 0 Å². The van der Waals surface area contributed by atoms with Gasteiger partial charge in [-0.15, -0.1) is 22.9 Å². The zero-order valence-corrected chi connectivity index (χ0v) is 12.4. The number of thiazole rings is 1. The molecule has 6 heteroatoms. The molecule has 2 aromatic rings. The molecular weight excluding hydrogens is 303 g/mol. The lowest BCUT2D eigenvalue weighted by molar-refractivity contribution is -0.113. The van der Waals surface area contributed by atoms with E-state index in [1.165, 1.54) is 11.3 Å². The molecule has 0 bridgehead atoms. The lowest BCUT2D eigenvalue weighted by atomic mass is 10.1. The van der Waals surface area contributed by atoms with E-state index in [-0.39, 0.29) is 5.78 Å². The van der Waals surface area contributed by atoms with Gasteiger partial charge < -0.3 is 0 Å². The van der Waals surface area contributed by atoms with Gasteiger partial charge in [-0.2, -0.15) is 0 Å². The summed E-state index contributed by atoms with van der Waals surface area (Å²) < 4.78 is 0. The monoisotopic (exact) mass is 312 g/mol. The van der Waals surface area contributed by atoms with Crippen LogP contribution in [-0.2, 0) is 4.79 Å². The maximum absolute atomic E-state index is 11.8. The van der Waals surface area contributed by atoms with Gasteiger partial charge in [-0.1, -0.05) is 18.2 Å². The Labute approximate surface area is 124 Å². The predicted octanol–water partition coefficient (Wildman–Crippen LogP) is 4.07. The minimum absolute atomic E-state index is 0.189. The normalized spacial score (nSPS) is 12.2. The van der Waals surface area contributed by atoms with Gasteiger partial charge in [0.1, 0.15) is 10.2 Å². The Morgan fingerprint density at radius 3 is 2.68 bits per heavy atom. The lowest BCUT2D eigenvalue weighted by Gasteiger charge is -2.02. The third-order valence-electron chi connectivity index (χ3n) is 2.44. The fourth-order valence-corrected chi connectivity index (χ4v) is 2.54. The number of carbonyl (C=O) groups excluding carboxylic acids is 1. The third-order valence-corrected chi connectivity index (χ3v) is 3.96. The van der Waals surface area contributed by atoms with Crippen LogP contribution in [-0.4, -0.2) is 21.1 Å². The molecule has 2 aromatic heterocycles. The van der Waals surface area contributed by atoms with Crippen LogP contribution in [0.1, 0.15) is 11.8 Å². The van der Waals surface area contributed by atoms with E-state index in [9.17, 15) is 4.79 Å². The highest BCUT2D eigenvalue weighted by atomic mass is 35.5. The molecule has 0 aliphatic carbocycles. The van der Waals surface area contributed by atoms with E-state index in [1.807, 2.05) is 6.07 Å². The topological polar surface area (TPSA) is 42.9 Å². The van der Waals surface area contributed by atoms with Crippen LogP contribution in [0.4, 0.5) is 0 Å². The Kier molecular flexibility index (Phi) is 4.34. The molecule has 0 aromatic carbocycles. The number of aromatic nitrogens is 2. The van der Waals surface area contributed by atoms with Gasteiger partial charge in [0.25, 0.3) is 0 Å². The van der Waals surface area contributed by atoms with Gasteiger partial charge in [-0.3, -0.25) is 4.79 Å². The second kappa shape index (κ2) is 5.82. The fraction of sp³-hybridized carbons (Fsp3) is 0.154. The highest BCUT2D eigenvalue weighted by molar-refractivity contribution is 7.16. The molecule has 19 heavy (non-hydrogen) atoms. The summed E-state index contributed by atoms with van der Waals surface area (Å²) in [6.07, 6.45) is 3.26. The molecule has 2 heterocycles. The number of pyridine rings is 1. The minimum Gasteiger partial charge on any atom is -0.292 e. The van der Waals surface area contributed by atoms with Crippen molar-refractivity contribution in [2.75, 3.05) is 0 Å². The van der Waals surface area contributed by atoms with Crippen molar-refractivity contribution in [2.45, 2.75) is 12.3 Å². The van der Waals surface area contributed by atoms with E-state index in [4.69, 9.17) is 23.2 Å². The van der Waals surface area contributed by atoms with Crippen molar-refractivity contribution >= 4 is 45.9 Å². The summed E-state index contributed by atoms with van der Waals surface area (Å²) in [5.41, 5.74) is 1.23. The van der Waals surface area contributed by atoms with Crippen molar-refractivity contribution in [3.05, 3.63) is 41.1 Å². The number of Topliss-reactive ketones (excluding diaryl/α,β-unsaturated/α-hetero) is 1. The number of allylic oxidation sites excluding steroid dienone is 1. The molecule has 98 valence electrons. The summed E-state index contributed by atoms with van der Waals surface area (Å²) in [7, 11) is 0. The smallest absolute Gasteiger partial charge is 0.181 e. The third kappa shape index (κ3) is 3.21. The standard InChI is InChI=1S/C13H10Cl2N2OS/c1-7(12(18)8(2)14)10-6-17-13(19-10)9-3-4-11(15)16-5-9/h3-6,8H,1H2,2H3. The maximum Gasteiger partial charge on any atom is 0.181 e. The van der Waals surface area contributed by atoms with Gasteiger partial charge in [-0.05, 0) is 19.1 Å². The first-order chi connectivity index (χ1) is 8.99. The highest BCUT2D eigenvalue weighted by Crippen LogP contribution is 2.29. The van der Waals surface area contributed by atoms with Gasteiger partial charge in [0.15, 0.2) is 5.78 Å². The molecule has 0 amide bonds. The molecule has 0 aliphatic rings. The first-order valence-electron chi connectivity index (χ1n) is 5.44. The van der Waals surface area contributed by atoms with Gasteiger partial charge in [0.2, 0.25) is 0 Å². The summed E-state index contributed by atoms with van der Waals surface area (Å²) in [6, 6.07) is 3.52. The van der Waals surface area contributed by atoms with E-state index in [0.29, 0.717) is 15.6 Å². The summed E-state index contributed by atoms with van der Waals surface area (Å²) in [4.78, 5) is 20.7. The number of nitrogens with zero attached hydrogens (tertiary/aromatic N) is 2. The molecule has 0 N–H and O–H groups in total. The molecule has 0 aliphatic heterocycles. The van der Waals surface area contributed by atoms with E-state index in [1.54, 1.807) is 25.4 Å². The summed E-state index contributed by atoms with van der Waals surface area (Å²) in [6.45, 7) is 5.39. The Morgan fingerprint density at radius 2 is 2.11 bits per heavy atom. The summed E-state index contributed by atoms with van der Waals surface area (Å²) in [5.74, 6) is -0.189. The number of alkyl halides is 1.